The molecule has 1 atom stereocenters. The summed E-state index contributed by atoms with van der Waals surface area (Å²) in [7, 11) is 1.51. The van der Waals surface area contributed by atoms with Crippen LogP contribution in [-0.4, -0.2) is 19.0 Å². The standard InChI is InChI=1S/C10H11N3O2.C2H6/c1-11-10(15)13-8-6-4-2-3-5-7(6)12-9(8)14;1-2/h2-5,8H,1H3,(H,12,14)(H2,11,13,15);1-2H3. The highest BCUT2D eigenvalue weighted by Gasteiger charge is 2.30. The van der Waals surface area contributed by atoms with Gasteiger partial charge >= 0.3 is 6.03 Å². The molecule has 1 aliphatic rings. The molecule has 92 valence electrons. The Morgan fingerprint density at radius 2 is 1.94 bits per heavy atom. The smallest absolute Gasteiger partial charge is 0.315 e. The van der Waals surface area contributed by atoms with Crippen molar-refractivity contribution in [2.45, 2.75) is 19.9 Å². The van der Waals surface area contributed by atoms with Crippen LogP contribution in [0.4, 0.5) is 10.5 Å². The van der Waals surface area contributed by atoms with E-state index >= 15 is 0 Å². The van der Waals surface area contributed by atoms with Crippen LogP contribution in [0.15, 0.2) is 24.3 Å². The maximum atomic E-state index is 11.5. The number of para-hydroxylation sites is 1. The highest BCUT2D eigenvalue weighted by Crippen LogP contribution is 2.29. The number of fused-ring (bicyclic) bond motifs is 1. The van der Waals surface area contributed by atoms with Gasteiger partial charge in [0.15, 0.2) is 0 Å². The number of hydrogen-bond donors (Lipinski definition) is 3. The summed E-state index contributed by atoms with van der Waals surface area (Å²) in [5, 5.41) is 7.68. The molecule has 3 N–H and O–H groups in total. The number of anilines is 1. The number of rotatable bonds is 1. The molecule has 1 aromatic rings. The SMILES string of the molecule is CC.CNC(=O)NC1C(=O)Nc2ccccc21. The van der Waals surface area contributed by atoms with E-state index in [4.69, 9.17) is 0 Å². The van der Waals surface area contributed by atoms with Crippen LogP contribution in [0, 0.1) is 0 Å². The van der Waals surface area contributed by atoms with E-state index in [2.05, 4.69) is 16.0 Å². The molecule has 0 aliphatic carbocycles. The summed E-state index contributed by atoms with van der Waals surface area (Å²) in [4.78, 5) is 22.6. The number of urea groups is 1. The van der Waals surface area contributed by atoms with E-state index in [1.807, 2.05) is 32.0 Å². The average molecular weight is 235 g/mol. The molecule has 1 aromatic carbocycles. The van der Waals surface area contributed by atoms with Crippen LogP contribution in [0.25, 0.3) is 0 Å². The molecule has 0 fully saturated rings. The minimum Gasteiger partial charge on any atom is -0.341 e. The maximum absolute atomic E-state index is 11.5. The van der Waals surface area contributed by atoms with Crippen LogP contribution in [0.5, 0.6) is 0 Å². The number of carbonyl (C=O) groups is 2. The van der Waals surface area contributed by atoms with Gasteiger partial charge in [0.25, 0.3) is 5.91 Å². The fourth-order valence-electron chi connectivity index (χ4n) is 1.56. The Kier molecular flexibility index (Phi) is 4.51. The van der Waals surface area contributed by atoms with Gasteiger partial charge in [-0.05, 0) is 6.07 Å². The van der Waals surface area contributed by atoms with E-state index in [0.29, 0.717) is 0 Å². The molecule has 17 heavy (non-hydrogen) atoms. The second-order valence-electron chi connectivity index (χ2n) is 3.23. The fraction of sp³-hybridized carbons (Fsp3) is 0.333. The molecule has 0 saturated carbocycles. The third kappa shape index (κ3) is 2.75. The molecule has 0 spiro atoms. The van der Waals surface area contributed by atoms with Crippen molar-refractivity contribution >= 4 is 17.6 Å². The third-order valence-electron chi connectivity index (χ3n) is 2.29. The zero-order valence-corrected chi connectivity index (χ0v) is 10.2. The minimum absolute atomic E-state index is 0.209. The molecule has 0 saturated heterocycles. The molecule has 2 rings (SSSR count). The van der Waals surface area contributed by atoms with Gasteiger partial charge in [-0.2, -0.15) is 0 Å². The van der Waals surface area contributed by atoms with Crippen LogP contribution >= 0.6 is 0 Å². The molecule has 1 aliphatic heterocycles. The van der Waals surface area contributed by atoms with Gasteiger partial charge in [0.2, 0.25) is 0 Å². The summed E-state index contributed by atoms with van der Waals surface area (Å²) >= 11 is 0. The van der Waals surface area contributed by atoms with Crippen molar-refractivity contribution in [1.82, 2.24) is 10.6 Å². The molecule has 5 heteroatoms. The molecular formula is C12H17N3O2. The summed E-state index contributed by atoms with van der Waals surface area (Å²) in [6, 6.07) is 6.32. The normalized spacial score (nSPS) is 16.2. The number of hydrogen-bond acceptors (Lipinski definition) is 2. The van der Waals surface area contributed by atoms with E-state index in [9.17, 15) is 9.59 Å². The monoisotopic (exact) mass is 235 g/mol. The molecule has 5 nitrogen and oxygen atoms in total. The van der Waals surface area contributed by atoms with Gasteiger partial charge in [0, 0.05) is 18.3 Å². The van der Waals surface area contributed by atoms with Crippen molar-refractivity contribution in [1.29, 1.82) is 0 Å². The first-order chi connectivity index (χ1) is 8.22. The van der Waals surface area contributed by atoms with Gasteiger partial charge in [-0.15, -0.1) is 0 Å². The predicted octanol–water partition coefficient (Wildman–Crippen LogP) is 1.63. The Bertz CT molecular complexity index is 418. The van der Waals surface area contributed by atoms with E-state index in [1.165, 1.54) is 7.05 Å². The zero-order valence-electron chi connectivity index (χ0n) is 10.2. The van der Waals surface area contributed by atoms with Gasteiger partial charge in [-0.1, -0.05) is 32.0 Å². The fourth-order valence-corrected chi connectivity index (χ4v) is 1.56. The molecule has 0 radical (unpaired) electrons. The summed E-state index contributed by atoms with van der Waals surface area (Å²) in [6.45, 7) is 4.00. The topological polar surface area (TPSA) is 70.2 Å². The molecule has 1 unspecified atom stereocenters. The highest BCUT2D eigenvalue weighted by molar-refractivity contribution is 6.04. The lowest BCUT2D eigenvalue weighted by atomic mass is 10.1. The Hall–Kier alpha value is -2.04. The van der Waals surface area contributed by atoms with E-state index in [-0.39, 0.29) is 11.9 Å². The van der Waals surface area contributed by atoms with Crippen molar-refractivity contribution in [3.63, 3.8) is 0 Å². The largest absolute Gasteiger partial charge is 0.341 e. The summed E-state index contributed by atoms with van der Waals surface area (Å²) in [5.41, 5.74) is 1.55. The van der Waals surface area contributed by atoms with Gasteiger partial charge in [0.05, 0.1) is 0 Å². The van der Waals surface area contributed by atoms with Crippen LogP contribution in [0.1, 0.15) is 25.5 Å². The maximum Gasteiger partial charge on any atom is 0.315 e. The third-order valence-corrected chi connectivity index (χ3v) is 2.29. The van der Waals surface area contributed by atoms with Gasteiger partial charge in [-0.3, -0.25) is 4.79 Å². The van der Waals surface area contributed by atoms with Crippen molar-refractivity contribution < 1.29 is 9.59 Å². The Labute approximate surface area is 101 Å². The van der Waals surface area contributed by atoms with Gasteiger partial charge in [0.1, 0.15) is 6.04 Å². The summed E-state index contributed by atoms with van der Waals surface area (Å²) < 4.78 is 0. The molecular weight excluding hydrogens is 218 g/mol. The Morgan fingerprint density at radius 3 is 2.59 bits per heavy atom. The second kappa shape index (κ2) is 5.89. The first-order valence-electron chi connectivity index (χ1n) is 5.60. The molecule has 1 heterocycles. The van der Waals surface area contributed by atoms with Crippen molar-refractivity contribution in [3.05, 3.63) is 29.8 Å². The van der Waals surface area contributed by atoms with E-state index < -0.39 is 6.04 Å². The number of nitrogens with one attached hydrogen (secondary N) is 3. The lowest BCUT2D eigenvalue weighted by molar-refractivity contribution is -0.117. The summed E-state index contributed by atoms with van der Waals surface area (Å²) in [5.74, 6) is -0.209. The molecule has 0 aromatic heterocycles. The minimum atomic E-state index is -0.596. The van der Waals surface area contributed by atoms with Crippen molar-refractivity contribution in [2.75, 3.05) is 12.4 Å². The van der Waals surface area contributed by atoms with E-state index in [1.54, 1.807) is 6.07 Å². The zero-order chi connectivity index (χ0) is 12.8. The predicted molar refractivity (Wildman–Crippen MR) is 66.8 cm³/mol. The van der Waals surface area contributed by atoms with Crippen molar-refractivity contribution in [3.8, 4) is 0 Å². The second-order valence-corrected chi connectivity index (χ2v) is 3.23. The number of benzene rings is 1. The molecule has 3 amide bonds. The molecule has 0 bridgehead atoms. The highest BCUT2D eigenvalue weighted by atomic mass is 16.2. The van der Waals surface area contributed by atoms with Gasteiger partial charge in [-0.25, -0.2) is 4.79 Å². The average Bonchev–Trinajstić information content (AvgIpc) is 2.68. The first kappa shape index (κ1) is 13.0. The van der Waals surface area contributed by atoms with Crippen LogP contribution in [0.3, 0.4) is 0 Å². The van der Waals surface area contributed by atoms with Gasteiger partial charge < -0.3 is 16.0 Å². The number of amides is 3. The first-order valence-corrected chi connectivity index (χ1v) is 5.60. The Balaban J connectivity index is 0.000000686. The lowest BCUT2D eigenvalue weighted by Gasteiger charge is -2.10. The van der Waals surface area contributed by atoms with E-state index in [0.717, 1.165) is 11.3 Å². The van der Waals surface area contributed by atoms with Crippen LogP contribution in [-0.2, 0) is 4.79 Å². The summed E-state index contributed by atoms with van der Waals surface area (Å²) in [6.07, 6.45) is 0. The lowest BCUT2D eigenvalue weighted by Crippen LogP contribution is -2.38. The quantitative estimate of drug-likeness (QED) is 0.692. The van der Waals surface area contributed by atoms with Crippen LogP contribution in [0.2, 0.25) is 0 Å². The van der Waals surface area contributed by atoms with Crippen LogP contribution < -0.4 is 16.0 Å². The number of carbonyl (C=O) groups excluding carboxylic acids is 2. The Morgan fingerprint density at radius 1 is 1.29 bits per heavy atom. The van der Waals surface area contributed by atoms with Crippen molar-refractivity contribution in [2.24, 2.45) is 0 Å².